The van der Waals surface area contributed by atoms with Crippen molar-refractivity contribution >= 4 is 43.5 Å². The molecule has 0 amide bonds. The number of benzene rings is 8. The van der Waals surface area contributed by atoms with E-state index in [0.717, 1.165) is 61.0 Å². The zero-order valence-electron chi connectivity index (χ0n) is 26.5. The van der Waals surface area contributed by atoms with Crippen LogP contribution in [0.2, 0.25) is 0 Å². The van der Waals surface area contributed by atoms with Gasteiger partial charge in [0, 0.05) is 32.8 Å². The number of nitrogens with zero attached hydrogens (tertiary/aromatic N) is 2. The van der Waals surface area contributed by atoms with Crippen molar-refractivity contribution in [1.29, 1.82) is 0 Å². The largest absolute Gasteiger partial charge is 0.456 e. The van der Waals surface area contributed by atoms with Crippen LogP contribution in [-0.2, 0) is 0 Å². The highest BCUT2D eigenvalue weighted by atomic mass is 16.3. The molecule has 0 radical (unpaired) electrons. The minimum atomic E-state index is 0.692. The van der Waals surface area contributed by atoms with Crippen LogP contribution in [0, 0.1) is 0 Å². The lowest BCUT2D eigenvalue weighted by atomic mass is 9.89. The Bertz CT molecular complexity index is 2800. The maximum Gasteiger partial charge on any atom is 0.160 e. The van der Waals surface area contributed by atoms with Crippen LogP contribution in [0.3, 0.4) is 0 Å². The van der Waals surface area contributed by atoms with Gasteiger partial charge in [-0.15, -0.1) is 0 Å². The smallest absolute Gasteiger partial charge is 0.160 e. The molecule has 0 atom stereocenters. The molecule has 3 heteroatoms. The molecule has 8 aromatic carbocycles. The molecule has 10 aromatic rings. The van der Waals surface area contributed by atoms with Crippen molar-refractivity contribution in [2.24, 2.45) is 0 Å². The van der Waals surface area contributed by atoms with Gasteiger partial charge in [0.1, 0.15) is 11.2 Å². The van der Waals surface area contributed by atoms with Crippen molar-refractivity contribution in [1.82, 2.24) is 9.97 Å². The highest BCUT2D eigenvalue weighted by molar-refractivity contribution is 6.35. The molecular weight excluding hydrogens is 597 g/mol. The molecule has 3 nitrogen and oxygen atoms in total. The lowest BCUT2D eigenvalue weighted by Crippen LogP contribution is -1.97. The first-order chi connectivity index (χ1) is 24.3. The summed E-state index contributed by atoms with van der Waals surface area (Å²) in [6.45, 7) is 0. The number of furan rings is 1. The summed E-state index contributed by atoms with van der Waals surface area (Å²) in [7, 11) is 0. The highest BCUT2D eigenvalue weighted by Gasteiger charge is 2.22. The molecule has 0 N–H and O–H groups in total. The quantitative estimate of drug-likeness (QED) is 0.179. The number of rotatable bonds is 5. The second-order valence-electron chi connectivity index (χ2n) is 12.5. The molecule has 0 spiro atoms. The van der Waals surface area contributed by atoms with E-state index in [2.05, 4.69) is 146 Å². The summed E-state index contributed by atoms with van der Waals surface area (Å²) in [5.41, 5.74) is 11.3. The van der Waals surface area contributed by atoms with Crippen molar-refractivity contribution in [2.75, 3.05) is 0 Å². The van der Waals surface area contributed by atoms with Crippen molar-refractivity contribution < 1.29 is 4.42 Å². The first kappa shape index (κ1) is 27.5. The molecule has 0 saturated carbocycles. The Balaban J connectivity index is 1.28. The SMILES string of the molecule is c1ccc(-c2cccc(-c3cc(-c4ccc5oc6cccc7c8ccc(-c9ccccc9)cc8c4c5c67)nc(-c4ccccc4)n3)c2)cc1. The van der Waals surface area contributed by atoms with Gasteiger partial charge in [0.2, 0.25) is 0 Å². The van der Waals surface area contributed by atoms with Crippen LogP contribution in [0.4, 0.5) is 0 Å². The highest BCUT2D eigenvalue weighted by Crippen LogP contribution is 2.47. The van der Waals surface area contributed by atoms with E-state index in [4.69, 9.17) is 14.4 Å². The van der Waals surface area contributed by atoms with E-state index in [-0.39, 0.29) is 0 Å². The second-order valence-corrected chi connectivity index (χ2v) is 12.5. The lowest BCUT2D eigenvalue weighted by Gasteiger charge is -2.15. The topological polar surface area (TPSA) is 38.9 Å². The summed E-state index contributed by atoms with van der Waals surface area (Å²) < 4.78 is 6.50. The number of hydrogen-bond acceptors (Lipinski definition) is 3. The number of fused-ring (bicyclic) bond motifs is 3. The summed E-state index contributed by atoms with van der Waals surface area (Å²) in [6.07, 6.45) is 0. The molecule has 2 aromatic heterocycles. The monoisotopic (exact) mass is 624 g/mol. The van der Waals surface area contributed by atoms with Crippen LogP contribution in [0.25, 0.3) is 99.6 Å². The van der Waals surface area contributed by atoms with Crippen LogP contribution < -0.4 is 0 Å². The Morgan fingerprint density at radius 2 is 0.939 bits per heavy atom. The Morgan fingerprint density at radius 1 is 0.327 bits per heavy atom. The van der Waals surface area contributed by atoms with Gasteiger partial charge in [-0.05, 0) is 74.8 Å². The molecule has 49 heavy (non-hydrogen) atoms. The molecular formula is C46H28N2O. The molecule has 0 bridgehead atoms. The third kappa shape index (κ3) is 4.51. The molecule has 0 saturated heterocycles. The average molecular weight is 625 g/mol. The van der Waals surface area contributed by atoms with Gasteiger partial charge in [-0.1, -0.05) is 133 Å². The predicted molar refractivity (Wildman–Crippen MR) is 203 cm³/mol. The second kappa shape index (κ2) is 11.0. The zero-order valence-corrected chi connectivity index (χ0v) is 26.5. The van der Waals surface area contributed by atoms with Gasteiger partial charge < -0.3 is 4.42 Å². The third-order valence-corrected chi connectivity index (χ3v) is 9.65. The molecule has 0 aliphatic rings. The van der Waals surface area contributed by atoms with Gasteiger partial charge in [0.25, 0.3) is 0 Å². The van der Waals surface area contributed by atoms with Gasteiger partial charge in [0.05, 0.1) is 11.4 Å². The van der Waals surface area contributed by atoms with Crippen LogP contribution in [0.5, 0.6) is 0 Å². The van der Waals surface area contributed by atoms with Gasteiger partial charge in [-0.3, -0.25) is 0 Å². The lowest BCUT2D eigenvalue weighted by molar-refractivity contribution is 0.669. The van der Waals surface area contributed by atoms with Gasteiger partial charge in [-0.25, -0.2) is 9.97 Å². The van der Waals surface area contributed by atoms with Crippen LogP contribution in [0.15, 0.2) is 174 Å². The molecule has 228 valence electrons. The first-order valence-electron chi connectivity index (χ1n) is 16.6. The Kier molecular flexibility index (Phi) is 6.18. The summed E-state index contributed by atoms with van der Waals surface area (Å²) in [6, 6.07) is 59.6. The molecule has 0 fully saturated rings. The minimum absolute atomic E-state index is 0.692. The molecule has 0 unspecified atom stereocenters. The number of aromatic nitrogens is 2. The van der Waals surface area contributed by atoms with Gasteiger partial charge in [-0.2, -0.15) is 0 Å². The molecule has 0 aliphatic heterocycles. The van der Waals surface area contributed by atoms with E-state index in [9.17, 15) is 0 Å². The third-order valence-electron chi connectivity index (χ3n) is 9.65. The first-order valence-corrected chi connectivity index (χ1v) is 16.6. The standard InChI is InChI=1S/C46H28N2O/c1-4-12-29(13-5-1)32-18-10-19-34(26-32)39-28-40(48-46(47-39)31-16-8-3-9-17-31)37-24-25-42-45-43(37)38-27-33(30-14-6-2-7-15-30)22-23-35(38)36-20-11-21-41(49-42)44(36)45/h1-28H. The maximum absolute atomic E-state index is 6.50. The van der Waals surface area contributed by atoms with E-state index >= 15 is 0 Å². The minimum Gasteiger partial charge on any atom is -0.456 e. The van der Waals surface area contributed by atoms with Crippen molar-refractivity contribution in [2.45, 2.75) is 0 Å². The predicted octanol–water partition coefficient (Wildman–Crippen LogP) is 12.5. The van der Waals surface area contributed by atoms with E-state index in [1.54, 1.807) is 0 Å². The fraction of sp³-hybridized carbons (Fsp3) is 0. The Labute approximate surface area is 283 Å². The summed E-state index contributed by atoms with van der Waals surface area (Å²) in [5.74, 6) is 0.692. The normalized spacial score (nSPS) is 11.7. The van der Waals surface area contributed by atoms with E-state index in [1.807, 2.05) is 24.3 Å². The van der Waals surface area contributed by atoms with Crippen molar-refractivity contribution in [3.8, 4) is 56.2 Å². The molecule has 10 rings (SSSR count). The maximum atomic E-state index is 6.50. The summed E-state index contributed by atoms with van der Waals surface area (Å²) in [4.78, 5) is 10.5. The summed E-state index contributed by atoms with van der Waals surface area (Å²) in [5, 5.41) is 7.00. The Hall–Kier alpha value is -6.58. The van der Waals surface area contributed by atoms with Crippen molar-refractivity contribution in [3.05, 3.63) is 170 Å². The van der Waals surface area contributed by atoms with E-state index in [0.29, 0.717) is 5.82 Å². The van der Waals surface area contributed by atoms with Crippen LogP contribution in [-0.4, -0.2) is 9.97 Å². The molecule has 0 aliphatic carbocycles. The fourth-order valence-electron chi connectivity index (χ4n) is 7.36. The van der Waals surface area contributed by atoms with Crippen LogP contribution >= 0.6 is 0 Å². The van der Waals surface area contributed by atoms with Gasteiger partial charge in [0.15, 0.2) is 5.82 Å². The van der Waals surface area contributed by atoms with Crippen molar-refractivity contribution in [3.63, 3.8) is 0 Å². The van der Waals surface area contributed by atoms with E-state index < -0.39 is 0 Å². The van der Waals surface area contributed by atoms with E-state index in [1.165, 1.54) is 32.8 Å². The number of hydrogen-bond donors (Lipinski definition) is 0. The molecule has 2 heterocycles. The Morgan fingerprint density at radius 3 is 1.69 bits per heavy atom. The summed E-state index contributed by atoms with van der Waals surface area (Å²) >= 11 is 0. The average Bonchev–Trinajstić information content (AvgIpc) is 3.57. The van der Waals surface area contributed by atoms with Gasteiger partial charge >= 0.3 is 0 Å². The van der Waals surface area contributed by atoms with Crippen LogP contribution in [0.1, 0.15) is 0 Å². The fourth-order valence-corrected chi connectivity index (χ4v) is 7.36. The zero-order chi connectivity index (χ0) is 32.3.